The summed E-state index contributed by atoms with van der Waals surface area (Å²) in [6.45, 7) is 5.03. The van der Waals surface area contributed by atoms with Gasteiger partial charge in [-0.2, -0.15) is 0 Å². The van der Waals surface area contributed by atoms with E-state index in [1.54, 1.807) is 12.1 Å². The lowest BCUT2D eigenvalue weighted by atomic mass is 10.1. The fourth-order valence-electron chi connectivity index (χ4n) is 1.82. The average Bonchev–Trinajstić information content (AvgIpc) is 2.30. The third-order valence-corrected chi connectivity index (χ3v) is 2.85. The van der Waals surface area contributed by atoms with Crippen molar-refractivity contribution in [1.29, 1.82) is 0 Å². The van der Waals surface area contributed by atoms with Crippen LogP contribution in [0.3, 0.4) is 0 Å². The monoisotopic (exact) mass is 227 g/mol. The maximum Gasteiger partial charge on any atom is 0.115 e. The van der Waals surface area contributed by atoms with Crippen molar-refractivity contribution in [1.82, 2.24) is 0 Å². The molecule has 2 nitrogen and oxygen atoms in total. The quantitative estimate of drug-likeness (QED) is 0.785. The van der Waals surface area contributed by atoms with Gasteiger partial charge in [0.05, 0.1) is 0 Å². The molecule has 0 bridgehead atoms. The van der Waals surface area contributed by atoms with Gasteiger partial charge in [-0.05, 0) is 49.2 Å². The zero-order valence-corrected chi connectivity index (χ0v) is 10.2. The summed E-state index contributed by atoms with van der Waals surface area (Å²) in [7, 11) is 0. The first-order valence-corrected chi connectivity index (χ1v) is 5.74. The Kier molecular flexibility index (Phi) is 3.33. The summed E-state index contributed by atoms with van der Waals surface area (Å²) in [4.78, 5) is 0. The number of benzene rings is 2. The molecule has 0 atom stereocenters. The van der Waals surface area contributed by atoms with Gasteiger partial charge in [-0.15, -0.1) is 0 Å². The van der Waals surface area contributed by atoms with Crippen LogP contribution in [0.25, 0.3) is 0 Å². The standard InChI is InChI=1S/C15H17NO/c1-11-3-4-13(12(2)9-11)10-16-14-5-7-15(17)8-6-14/h3-9,16-17H,10H2,1-2H3. The van der Waals surface area contributed by atoms with Crippen LogP contribution in [0, 0.1) is 13.8 Å². The summed E-state index contributed by atoms with van der Waals surface area (Å²) >= 11 is 0. The van der Waals surface area contributed by atoms with E-state index in [9.17, 15) is 5.11 Å². The Hall–Kier alpha value is -1.96. The molecule has 2 aromatic rings. The smallest absolute Gasteiger partial charge is 0.115 e. The molecule has 88 valence electrons. The maximum absolute atomic E-state index is 9.19. The molecule has 2 aromatic carbocycles. The molecular weight excluding hydrogens is 210 g/mol. The van der Waals surface area contributed by atoms with Gasteiger partial charge in [0, 0.05) is 12.2 Å². The van der Waals surface area contributed by atoms with Crippen LogP contribution in [-0.2, 0) is 6.54 Å². The third-order valence-electron chi connectivity index (χ3n) is 2.85. The SMILES string of the molecule is Cc1ccc(CNc2ccc(O)cc2)c(C)c1. The summed E-state index contributed by atoms with van der Waals surface area (Å²) in [6, 6.07) is 13.6. The Labute approximate surface area is 102 Å². The van der Waals surface area contributed by atoms with Gasteiger partial charge in [0.2, 0.25) is 0 Å². The molecule has 0 saturated carbocycles. The van der Waals surface area contributed by atoms with E-state index < -0.39 is 0 Å². The van der Waals surface area contributed by atoms with Crippen LogP contribution in [0.1, 0.15) is 16.7 Å². The van der Waals surface area contributed by atoms with Gasteiger partial charge in [0.1, 0.15) is 5.75 Å². The summed E-state index contributed by atoms with van der Waals surface area (Å²) < 4.78 is 0. The molecule has 0 fully saturated rings. The van der Waals surface area contributed by atoms with Crippen LogP contribution in [-0.4, -0.2) is 5.11 Å². The van der Waals surface area contributed by atoms with Gasteiger partial charge in [-0.25, -0.2) is 0 Å². The van der Waals surface area contributed by atoms with Crippen molar-refractivity contribution in [3.63, 3.8) is 0 Å². The minimum Gasteiger partial charge on any atom is -0.508 e. The van der Waals surface area contributed by atoms with Crippen molar-refractivity contribution in [2.24, 2.45) is 0 Å². The largest absolute Gasteiger partial charge is 0.508 e. The first-order valence-electron chi connectivity index (χ1n) is 5.74. The van der Waals surface area contributed by atoms with Crippen LogP contribution in [0.2, 0.25) is 0 Å². The molecule has 0 unspecified atom stereocenters. The van der Waals surface area contributed by atoms with E-state index in [-0.39, 0.29) is 0 Å². The molecule has 0 radical (unpaired) electrons. The highest BCUT2D eigenvalue weighted by atomic mass is 16.3. The third kappa shape index (κ3) is 3.00. The van der Waals surface area contributed by atoms with Crippen LogP contribution in [0.5, 0.6) is 5.75 Å². The van der Waals surface area contributed by atoms with E-state index >= 15 is 0 Å². The van der Waals surface area contributed by atoms with Crippen molar-refractivity contribution in [3.8, 4) is 5.75 Å². The van der Waals surface area contributed by atoms with Gasteiger partial charge < -0.3 is 10.4 Å². The minimum atomic E-state index is 0.294. The first kappa shape index (κ1) is 11.5. The molecule has 0 saturated heterocycles. The number of anilines is 1. The number of hydrogen-bond donors (Lipinski definition) is 2. The second-order valence-electron chi connectivity index (χ2n) is 4.33. The lowest BCUT2D eigenvalue weighted by molar-refractivity contribution is 0.475. The number of aryl methyl sites for hydroxylation is 2. The average molecular weight is 227 g/mol. The van der Waals surface area contributed by atoms with Gasteiger partial charge in [0.25, 0.3) is 0 Å². The van der Waals surface area contributed by atoms with Gasteiger partial charge >= 0.3 is 0 Å². The van der Waals surface area contributed by atoms with Crippen LogP contribution in [0.4, 0.5) is 5.69 Å². The predicted molar refractivity (Wildman–Crippen MR) is 71.3 cm³/mol. The highest BCUT2D eigenvalue weighted by Gasteiger charge is 1.98. The van der Waals surface area contributed by atoms with Crippen molar-refractivity contribution >= 4 is 5.69 Å². The molecule has 0 aliphatic rings. The van der Waals surface area contributed by atoms with Crippen LogP contribution in [0.15, 0.2) is 42.5 Å². The molecule has 0 amide bonds. The van der Waals surface area contributed by atoms with Crippen molar-refractivity contribution in [2.45, 2.75) is 20.4 Å². The normalized spacial score (nSPS) is 10.2. The van der Waals surface area contributed by atoms with Gasteiger partial charge in [-0.1, -0.05) is 23.8 Å². The van der Waals surface area contributed by atoms with Crippen molar-refractivity contribution < 1.29 is 5.11 Å². The van der Waals surface area contributed by atoms with Gasteiger partial charge in [-0.3, -0.25) is 0 Å². The highest BCUT2D eigenvalue weighted by molar-refractivity contribution is 5.47. The first-order chi connectivity index (χ1) is 8.15. The Morgan fingerprint density at radius 1 is 1.00 bits per heavy atom. The second-order valence-corrected chi connectivity index (χ2v) is 4.33. The minimum absolute atomic E-state index is 0.294. The Balaban J connectivity index is 2.04. The molecule has 2 heteroatoms. The van der Waals surface area contributed by atoms with E-state index in [1.807, 2.05) is 12.1 Å². The second kappa shape index (κ2) is 4.91. The summed E-state index contributed by atoms with van der Waals surface area (Å²) in [5, 5.41) is 12.5. The Morgan fingerprint density at radius 3 is 2.35 bits per heavy atom. The Morgan fingerprint density at radius 2 is 1.71 bits per heavy atom. The molecule has 2 rings (SSSR count). The topological polar surface area (TPSA) is 32.3 Å². The summed E-state index contributed by atoms with van der Waals surface area (Å²) in [6.07, 6.45) is 0. The zero-order chi connectivity index (χ0) is 12.3. The van der Waals surface area contributed by atoms with Crippen LogP contribution >= 0.6 is 0 Å². The number of nitrogens with one attached hydrogen (secondary N) is 1. The summed E-state index contributed by atoms with van der Waals surface area (Å²) in [5.41, 5.74) is 4.90. The lowest BCUT2D eigenvalue weighted by Crippen LogP contribution is -2.01. The molecule has 0 aliphatic heterocycles. The van der Waals surface area contributed by atoms with Gasteiger partial charge in [0.15, 0.2) is 0 Å². The molecule has 2 N–H and O–H groups in total. The van der Waals surface area contributed by atoms with Crippen LogP contribution < -0.4 is 5.32 Å². The number of hydrogen-bond acceptors (Lipinski definition) is 2. The summed E-state index contributed by atoms with van der Waals surface area (Å²) in [5.74, 6) is 0.294. The fraction of sp³-hybridized carbons (Fsp3) is 0.200. The zero-order valence-electron chi connectivity index (χ0n) is 10.2. The fourth-order valence-corrected chi connectivity index (χ4v) is 1.82. The molecule has 0 spiro atoms. The van der Waals surface area contributed by atoms with E-state index in [0.29, 0.717) is 5.75 Å². The highest BCUT2D eigenvalue weighted by Crippen LogP contribution is 2.16. The number of phenolic OH excluding ortho intramolecular Hbond substituents is 1. The van der Waals surface area contributed by atoms with E-state index in [4.69, 9.17) is 0 Å². The van der Waals surface area contributed by atoms with E-state index in [2.05, 4.69) is 37.4 Å². The number of phenols is 1. The molecule has 0 heterocycles. The molecular formula is C15H17NO. The Bertz CT molecular complexity index is 503. The number of rotatable bonds is 3. The lowest BCUT2D eigenvalue weighted by Gasteiger charge is -2.09. The molecule has 17 heavy (non-hydrogen) atoms. The van der Waals surface area contributed by atoms with E-state index in [1.165, 1.54) is 16.7 Å². The van der Waals surface area contributed by atoms with E-state index in [0.717, 1.165) is 12.2 Å². The molecule has 0 aliphatic carbocycles. The maximum atomic E-state index is 9.19. The van der Waals surface area contributed by atoms with Crippen molar-refractivity contribution in [2.75, 3.05) is 5.32 Å². The number of aromatic hydroxyl groups is 1. The van der Waals surface area contributed by atoms with Crippen molar-refractivity contribution in [3.05, 3.63) is 59.2 Å². The molecule has 0 aromatic heterocycles. The predicted octanol–water partition coefficient (Wildman–Crippen LogP) is 3.62.